The highest BCUT2D eigenvalue weighted by molar-refractivity contribution is 5.85. The Hall–Kier alpha value is -2.69. The van der Waals surface area contributed by atoms with E-state index in [-0.39, 0.29) is 12.3 Å². The Bertz CT molecular complexity index is 724. The van der Waals surface area contributed by atoms with E-state index in [9.17, 15) is 14.7 Å². The van der Waals surface area contributed by atoms with Crippen LogP contribution in [0.1, 0.15) is 34.0 Å². The van der Waals surface area contributed by atoms with Crippen molar-refractivity contribution < 1.29 is 14.7 Å². The highest BCUT2D eigenvalue weighted by atomic mass is 16.4. The van der Waals surface area contributed by atoms with Gasteiger partial charge in [-0.2, -0.15) is 0 Å². The van der Waals surface area contributed by atoms with Crippen LogP contribution >= 0.6 is 0 Å². The fourth-order valence-electron chi connectivity index (χ4n) is 2.23. The largest absolute Gasteiger partial charge is 0.479 e. The van der Waals surface area contributed by atoms with Gasteiger partial charge in [0, 0.05) is 11.9 Å². The number of carbonyl (C=O) groups is 2. The molecule has 0 bridgehead atoms. The molecule has 2 rings (SSSR count). The molecule has 1 aromatic heterocycles. The summed E-state index contributed by atoms with van der Waals surface area (Å²) in [6.45, 7) is 5.74. The Labute approximate surface area is 135 Å². The maximum Gasteiger partial charge on any atom is 0.330 e. The second-order valence-electron chi connectivity index (χ2n) is 5.67. The number of carboxylic acid groups (broad SMARTS) is 1. The second kappa shape index (κ2) is 7.05. The molecular formula is C18H20N2O3. The number of aromatic nitrogens is 1. The molecule has 1 atom stereocenters. The molecule has 0 saturated carbocycles. The number of benzene rings is 1. The van der Waals surface area contributed by atoms with Crippen molar-refractivity contribution in [3.8, 4) is 0 Å². The molecule has 0 spiro atoms. The van der Waals surface area contributed by atoms with Gasteiger partial charge in [-0.05, 0) is 49.1 Å². The summed E-state index contributed by atoms with van der Waals surface area (Å²) < 4.78 is 0. The van der Waals surface area contributed by atoms with Crippen molar-refractivity contribution in [3.05, 3.63) is 64.5 Å². The van der Waals surface area contributed by atoms with Gasteiger partial charge >= 0.3 is 5.97 Å². The van der Waals surface area contributed by atoms with Crippen LogP contribution in [0.4, 0.5) is 0 Å². The summed E-state index contributed by atoms with van der Waals surface area (Å²) in [4.78, 5) is 27.8. The maximum atomic E-state index is 12.1. The van der Waals surface area contributed by atoms with Crippen LogP contribution in [0.2, 0.25) is 0 Å². The number of hydrogen-bond donors (Lipinski definition) is 2. The number of nitrogens with zero attached hydrogens (tertiary/aromatic N) is 1. The third kappa shape index (κ3) is 4.39. The Morgan fingerprint density at radius 2 is 1.87 bits per heavy atom. The number of carbonyl (C=O) groups excluding carboxylic acids is 1. The van der Waals surface area contributed by atoms with Crippen LogP contribution in [0, 0.1) is 20.8 Å². The summed E-state index contributed by atoms with van der Waals surface area (Å²) in [5, 5.41) is 12.0. The topological polar surface area (TPSA) is 79.3 Å². The number of hydrogen-bond acceptors (Lipinski definition) is 3. The molecule has 1 aromatic carbocycles. The lowest BCUT2D eigenvalue weighted by molar-refractivity contribution is -0.141. The summed E-state index contributed by atoms with van der Waals surface area (Å²) in [7, 11) is 0. The Balaban J connectivity index is 2.12. The molecule has 120 valence electrons. The number of pyridine rings is 1. The van der Waals surface area contributed by atoms with Crippen molar-refractivity contribution in [1.29, 1.82) is 0 Å². The third-order valence-electron chi connectivity index (χ3n) is 3.75. The Morgan fingerprint density at radius 3 is 2.43 bits per heavy atom. The molecule has 0 aliphatic rings. The number of rotatable bonds is 5. The van der Waals surface area contributed by atoms with E-state index in [1.54, 1.807) is 18.3 Å². The van der Waals surface area contributed by atoms with Crippen LogP contribution in [0.15, 0.2) is 36.5 Å². The lowest BCUT2D eigenvalue weighted by Gasteiger charge is -2.16. The zero-order chi connectivity index (χ0) is 17.0. The van der Waals surface area contributed by atoms with Crippen LogP contribution in [0.25, 0.3) is 0 Å². The van der Waals surface area contributed by atoms with Crippen molar-refractivity contribution in [1.82, 2.24) is 10.3 Å². The lowest BCUT2D eigenvalue weighted by atomic mass is 10.0. The fraction of sp³-hybridized carbons (Fsp3) is 0.278. The molecule has 1 amide bonds. The van der Waals surface area contributed by atoms with Gasteiger partial charge in [0.25, 0.3) is 0 Å². The molecule has 2 N–H and O–H groups in total. The van der Waals surface area contributed by atoms with E-state index in [0.717, 1.165) is 22.4 Å². The van der Waals surface area contributed by atoms with Crippen molar-refractivity contribution in [2.24, 2.45) is 0 Å². The van der Waals surface area contributed by atoms with Gasteiger partial charge in [0.2, 0.25) is 5.91 Å². The summed E-state index contributed by atoms with van der Waals surface area (Å²) >= 11 is 0. The molecule has 0 fully saturated rings. The molecule has 2 aromatic rings. The normalized spacial score (nSPS) is 11.8. The van der Waals surface area contributed by atoms with E-state index >= 15 is 0 Å². The molecule has 5 nitrogen and oxygen atoms in total. The van der Waals surface area contributed by atoms with Gasteiger partial charge in [-0.1, -0.05) is 24.3 Å². The summed E-state index contributed by atoms with van der Waals surface area (Å²) in [6.07, 6.45) is 1.72. The monoisotopic (exact) mass is 312 g/mol. The van der Waals surface area contributed by atoms with Crippen LogP contribution in [-0.2, 0) is 16.0 Å². The van der Waals surface area contributed by atoms with Gasteiger partial charge in [0.05, 0.1) is 6.42 Å². The minimum absolute atomic E-state index is 0.0991. The number of nitrogens with one attached hydrogen (secondary N) is 1. The van der Waals surface area contributed by atoms with E-state index in [4.69, 9.17) is 0 Å². The quantitative estimate of drug-likeness (QED) is 0.889. The van der Waals surface area contributed by atoms with Gasteiger partial charge in [0.15, 0.2) is 6.04 Å². The van der Waals surface area contributed by atoms with Crippen molar-refractivity contribution in [2.45, 2.75) is 33.2 Å². The van der Waals surface area contributed by atoms with Crippen LogP contribution in [-0.4, -0.2) is 22.0 Å². The van der Waals surface area contributed by atoms with Crippen LogP contribution in [0.5, 0.6) is 0 Å². The summed E-state index contributed by atoms with van der Waals surface area (Å²) in [6, 6.07) is 7.96. The zero-order valence-electron chi connectivity index (χ0n) is 13.5. The molecule has 5 heteroatoms. The average Bonchev–Trinajstić information content (AvgIpc) is 2.50. The lowest BCUT2D eigenvalue weighted by Crippen LogP contribution is -2.34. The SMILES string of the molecule is Cc1ccc(CC(=O)NC(C(=O)O)c2ccc(C)c(C)c2)cn1. The molecule has 0 saturated heterocycles. The van der Waals surface area contributed by atoms with Crippen molar-refractivity contribution in [2.75, 3.05) is 0 Å². The predicted octanol–water partition coefficient (Wildman–Crippen LogP) is 2.49. The van der Waals surface area contributed by atoms with Gasteiger partial charge in [0.1, 0.15) is 0 Å². The third-order valence-corrected chi connectivity index (χ3v) is 3.75. The first-order valence-corrected chi connectivity index (χ1v) is 7.37. The molecule has 1 heterocycles. The molecule has 1 unspecified atom stereocenters. The van der Waals surface area contributed by atoms with E-state index in [2.05, 4.69) is 10.3 Å². The van der Waals surface area contributed by atoms with E-state index in [1.165, 1.54) is 0 Å². The Morgan fingerprint density at radius 1 is 1.13 bits per heavy atom. The van der Waals surface area contributed by atoms with E-state index in [1.807, 2.05) is 39.0 Å². The van der Waals surface area contributed by atoms with Gasteiger partial charge in [-0.25, -0.2) is 4.79 Å². The van der Waals surface area contributed by atoms with Gasteiger partial charge in [-0.15, -0.1) is 0 Å². The van der Waals surface area contributed by atoms with Crippen LogP contribution in [0.3, 0.4) is 0 Å². The summed E-state index contributed by atoms with van der Waals surface area (Å²) in [5.41, 5.74) is 4.25. The zero-order valence-corrected chi connectivity index (χ0v) is 13.5. The van der Waals surface area contributed by atoms with Gasteiger partial charge < -0.3 is 10.4 Å². The fourth-order valence-corrected chi connectivity index (χ4v) is 2.23. The highest BCUT2D eigenvalue weighted by Crippen LogP contribution is 2.18. The number of amides is 1. The first kappa shape index (κ1) is 16.7. The number of carboxylic acids is 1. The standard InChI is InChI=1S/C18H20N2O3/c1-11-4-7-15(8-12(11)2)17(18(22)23)20-16(21)9-14-6-5-13(3)19-10-14/h4-8,10,17H,9H2,1-3H3,(H,20,21)(H,22,23). The summed E-state index contributed by atoms with van der Waals surface area (Å²) in [5.74, 6) is -1.43. The average molecular weight is 312 g/mol. The first-order valence-electron chi connectivity index (χ1n) is 7.37. The van der Waals surface area contributed by atoms with Crippen molar-refractivity contribution >= 4 is 11.9 Å². The molecule has 0 aliphatic heterocycles. The van der Waals surface area contributed by atoms with Gasteiger partial charge in [-0.3, -0.25) is 9.78 Å². The van der Waals surface area contributed by atoms with E-state index in [0.29, 0.717) is 5.56 Å². The highest BCUT2D eigenvalue weighted by Gasteiger charge is 2.22. The molecule has 23 heavy (non-hydrogen) atoms. The minimum atomic E-state index is -1.08. The molecule has 0 radical (unpaired) electrons. The Kier molecular flexibility index (Phi) is 5.11. The predicted molar refractivity (Wildman–Crippen MR) is 87.1 cm³/mol. The van der Waals surface area contributed by atoms with Crippen molar-refractivity contribution in [3.63, 3.8) is 0 Å². The first-order chi connectivity index (χ1) is 10.9. The minimum Gasteiger partial charge on any atom is -0.479 e. The maximum absolute atomic E-state index is 12.1. The second-order valence-corrected chi connectivity index (χ2v) is 5.67. The molecule has 0 aliphatic carbocycles. The number of aryl methyl sites for hydroxylation is 3. The molecular weight excluding hydrogens is 292 g/mol. The van der Waals surface area contributed by atoms with Crippen LogP contribution < -0.4 is 5.32 Å². The van der Waals surface area contributed by atoms with E-state index < -0.39 is 12.0 Å². The smallest absolute Gasteiger partial charge is 0.330 e. The number of aliphatic carboxylic acids is 1.